The van der Waals surface area contributed by atoms with Crippen molar-refractivity contribution < 1.29 is 38.6 Å². The number of amides is 2. The zero-order valence-corrected chi connectivity index (χ0v) is 24.6. The summed E-state index contributed by atoms with van der Waals surface area (Å²) in [5, 5.41) is 11.4. The Morgan fingerprint density at radius 2 is 1.81 bits per heavy atom. The van der Waals surface area contributed by atoms with Gasteiger partial charge in [0.1, 0.15) is 11.7 Å². The highest BCUT2D eigenvalue weighted by atomic mass is 31.2. The van der Waals surface area contributed by atoms with Crippen LogP contribution in [0.1, 0.15) is 47.7 Å². The van der Waals surface area contributed by atoms with E-state index in [2.05, 4.69) is 15.2 Å². The number of hydrogen-bond acceptors (Lipinski definition) is 7. The standard InChI is InChI=1S/C29H39N4O8P/c1-41-18-22-15-23(22)21-16-24(20-7-3-2-4-8-20)30-25(17-21)28(36)31-26(19-42(38,39)40)29(37)33-13-11-32(12-14-33)10-6-5-9-27(34)35/h2-4,7-8,16-17,22-23,26H,5-6,9-15,18-19H2,1H3,(H,31,36)(H,34,35)(H2,38,39,40)/t22-,23-,26+/m1/s1. The quantitative estimate of drug-likeness (QED) is 0.186. The summed E-state index contributed by atoms with van der Waals surface area (Å²) in [6, 6.07) is 11.6. The lowest BCUT2D eigenvalue weighted by molar-refractivity contribution is -0.137. The molecule has 0 bridgehead atoms. The monoisotopic (exact) mass is 602 g/mol. The second kappa shape index (κ2) is 14.3. The number of nitrogens with one attached hydrogen (secondary N) is 1. The van der Waals surface area contributed by atoms with Gasteiger partial charge in [0.2, 0.25) is 5.91 Å². The third kappa shape index (κ3) is 9.17. The second-order valence-electron chi connectivity index (χ2n) is 11.0. The molecule has 42 heavy (non-hydrogen) atoms. The maximum Gasteiger partial charge on any atom is 0.328 e. The van der Waals surface area contributed by atoms with Gasteiger partial charge in [0.15, 0.2) is 0 Å². The highest BCUT2D eigenvalue weighted by Gasteiger charge is 2.39. The van der Waals surface area contributed by atoms with Gasteiger partial charge >= 0.3 is 13.6 Å². The van der Waals surface area contributed by atoms with Crippen molar-refractivity contribution in [2.24, 2.45) is 5.92 Å². The predicted octanol–water partition coefficient (Wildman–Crippen LogP) is 2.17. The average molecular weight is 603 g/mol. The lowest BCUT2D eigenvalue weighted by Gasteiger charge is -2.36. The molecule has 228 valence electrons. The van der Waals surface area contributed by atoms with Crippen LogP contribution in [0.4, 0.5) is 0 Å². The Kier molecular flexibility index (Phi) is 10.9. The van der Waals surface area contributed by atoms with Gasteiger partial charge in [-0.15, -0.1) is 0 Å². The van der Waals surface area contributed by atoms with E-state index in [1.807, 2.05) is 36.4 Å². The van der Waals surface area contributed by atoms with Crippen LogP contribution in [0.2, 0.25) is 0 Å². The molecule has 2 aromatic rings. The van der Waals surface area contributed by atoms with Crippen LogP contribution in [0.25, 0.3) is 11.3 Å². The van der Waals surface area contributed by atoms with Crippen molar-refractivity contribution in [3.05, 3.63) is 53.7 Å². The maximum absolute atomic E-state index is 13.5. The summed E-state index contributed by atoms with van der Waals surface area (Å²) in [5.41, 5.74) is 2.41. The van der Waals surface area contributed by atoms with Gasteiger partial charge < -0.3 is 29.8 Å². The molecular weight excluding hydrogens is 563 g/mol. The van der Waals surface area contributed by atoms with Crippen LogP contribution in [0, 0.1) is 5.92 Å². The molecule has 1 aliphatic carbocycles. The first-order valence-corrected chi connectivity index (χ1v) is 16.0. The van der Waals surface area contributed by atoms with Crippen molar-refractivity contribution in [2.45, 2.75) is 37.6 Å². The number of rotatable bonds is 14. The van der Waals surface area contributed by atoms with Gasteiger partial charge in [-0.1, -0.05) is 30.3 Å². The number of aliphatic carboxylic acids is 1. The number of piperazine rings is 1. The third-order valence-corrected chi connectivity index (χ3v) is 8.54. The Labute approximate surface area is 245 Å². The summed E-state index contributed by atoms with van der Waals surface area (Å²) in [4.78, 5) is 65.3. The summed E-state index contributed by atoms with van der Waals surface area (Å²) >= 11 is 0. The molecule has 13 heteroatoms. The Bertz CT molecular complexity index is 1300. The van der Waals surface area contributed by atoms with Gasteiger partial charge in [-0.25, -0.2) is 4.98 Å². The Morgan fingerprint density at radius 3 is 2.45 bits per heavy atom. The van der Waals surface area contributed by atoms with Gasteiger partial charge in [-0.3, -0.25) is 23.8 Å². The molecule has 0 spiro atoms. The predicted molar refractivity (Wildman–Crippen MR) is 155 cm³/mol. The summed E-state index contributed by atoms with van der Waals surface area (Å²) in [6.07, 6.45) is 1.50. The number of unbranched alkanes of at least 4 members (excludes halogenated alkanes) is 1. The summed E-state index contributed by atoms with van der Waals surface area (Å²) in [7, 11) is -3.01. The normalized spacial score (nSPS) is 19.7. The lowest BCUT2D eigenvalue weighted by atomic mass is 10.0. The number of hydrogen-bond donors (Lipinski definition) is 4. The topological polar surface area (TPSA) is 170 Å². The van der Waals surface area contributed by atoms with E-state index in [1.165, 1.54) is 4.90 Å². The number of carbonyl (C=O) groups is 3. The van der Waals surface area contributed by atoms with Crippen molar-refractivity contribution in [1.29, 1.82) is 0 Å². The molecule has 1 aromatic carbocycles. The largest absolute Gasteiger partial charge is 0.481 e. The minimum atomic E-state index is -4.66. The van der Waals surface area contributed by atoms with E-state index in [4.69, 9.17) is 9.84 Å². The van der Waals surface area contributed by atoms with Crippen LogP contribution in [-0.4, -0.2) is 106 Å². The number of nitrogens with zero attached hydrogens (tertiary/aromatic N) is 3. The van der Waals surface area contributed by atoms with Crippen LogP contribution >= 0.6 is 7.60 Å². The minimum absolute atomic E-state index is 0.0733. The van der Waals surface area contributed by atoms with Gasteiger partial charge in [0.05, 0.1) is 11.9 Å². The van der Waals surface area contributed by atoms with Gasteiger partial charge in [0, 0.05) is 51.9 Å². The molecule has 3 atom stereocenters. The van der Waals surface area contributed by atoms with Crippen LogP contribution in [0.5, 0.6) is 0 Å². The SMILES string of the molecule is COC[C@H]1C[C@@H]1c1cc(C(=O)N[C@@H](CP(=O)(O)O)C(=O)N2CCN(CCCCC(=O)O)CC2)nc(-c2ccccc2)c1. The summed E-state index contributed by atoms with van der Waals surface area (Å²) in [6.45, 7) is 3.06. The molecule has 12 nitrogen and oxygen atoms in total. The molecule has 0 unspecified atom stereocenters. The van der Waals surface area contributed by atoms with E-state index in [9.17, 15) is 28.7 Å². The zero-order valence-electron chi connectivity index (χ0n) is 23.7. The van der Waals surface area contributed by atoms with Crippen molar-refractivity contribution in [3.8, 4) is 11.3 Å². The number of benzene rings is 1. The molecule has 1 saturated carbocycles. The fraction of sp³-hybridized carbons (Fsp3) is 0.517. The van der Waals surface area contributed by atoms with Gasteiger partial charge in [0.25, 0.3) is 5.91 Å². The van der Waals surface area contributed by atoms with E-state index in [-0.39, 0.29) is 18.0 Å². The highest BCUT2D eigenvalue weighted by Crippen LogP contribution is 2.48. The van der Waals surface area contributed by atoms with Crippen LogP contribution < -0.4 is 5.32 Å². The van der Waals surface area contributed by atoms with E-state index >= 15 is 0 Å². The van der Waals surface area contributed by atoms with E-state index < -0.39 is 37.6 Å². The molecule has 0 radical (unpaired) electrons. The number of aromatic nitrogens is 1. The Hall–Kier alpha value is -3.15. The maximum atomic E-state index is 13.5. The lowest BCUT2D eigenvalue weighted by Crippen LogP contribution is -2.56. The number of carboxylic acid groups (broad SMARTS) is 1. The fourth-order valence-corrected chi connectivity index (χ4v) is 6.10. The third-order valence-electron chi connectivity index (χ3n) is 7.70. The molecular formula is C29H39N4O8P. The van der Waals surface area contributed by atoms with Crippen LogP contribution in [0.15, 0.2) is 42.5 Å². The molecule has 1 aromatic heterocycles. The molecule has 4 rings (SSSR count). The Morgan fingerprint density at radius 1 is 1.10 bits per heavy atom. The van der Waals surface area contributed by atoms with E-state index in [0.717, 1.165) is 24.0 Å². The van der Waals surface area contributed by atoms with Crippen LogP contribution in [0.3, 0.4) is 0 Å². The molecule has 2 amide bonds. The number of carboxylic acids is 1. The highest BCUT2D eigenvalue weighted by molar-refractivity contribution is 7.51. The Balaban J connectivity index is 1.47. The second-order valence-corrected chi connectivity index (χ2v) is 12.7. The van der Waals surface area contributed by atoms with Crippen LogP contribution in [-0.2, 0) is 18.9 Å². The molecule has 1 aliphatic heterocycles. The molecule has 4 N–H and O–H groups in total. The fourth-order valence-electron chi connectivity index (χ4n) is 5.37. The zero-order chi connectivity index (χ0) is 30.3. The smallest absolute Gasteiger partial charge is 0.328 e. The van der Waals surface area contributed by atoms with Crippen molar-refractivity contribution in [2.75, 3.05) is 52.6 Å². The molecule has 1 saturated heterocycles. The molecule has 2 aliphatic rings. The summed E-state index contributed by atoms with van der Waals surface area (Å²) in [5.74, 6) is -1.53. The first-order chi connectivity index (χ1) is 20.0. The minimum Gasteiger partial charge on any atom is -0.481 e. The number of ether oxygens (including phenoxy) is 1. The van der Waals surface area contributed by atoms with E-state index in [1.54, 1.807) is 13.2 Å². The number of carbonyl (C=O) groups excluding carboxylic acids is 2. The first kappa shape index (κ1) is 31.8. The number of pyridine rings is 1. The number of methoxy groups -OCH3 is 1. The van der Waals surface area contributed by atoms with Crippen molar-refractivity contribution in [1.82, 2.24) is 20.1 Å². The average Bonchev–Trinajstić information content (AvgIpc) is 3.74. The van der Waals surface area contributed by atoms with E-state index in [0.29, 0.717) is 57.4 Å². The molecule has 2 fully saturated rings. The molecule has 2 heterocycles. The van der Waals surface area contributed by atoms with Gasteiger partial charge in [-0.05, 0) is 55.3 Å². The van der Waals surface area contributed by atoms with Gasteiger partial charge in [-0.2, -0.15) is 0 Å². The summed E-state index contributed by atoms with van der Waals surface area (Å²) < 4.78 is 17.3. The van der Waals surface area contributed by atoms with Crippen molar-refractivity contribution in [3.63, 3.8) is 0 Å². The van der Waals surface area contributed by atoms with Crippen molar-refractivity contribution >= 4 is 25.4 Å². The first-order valence-electron chi connectivity index (χ1n) is 14.2.